The van der Waals surface area contributed by atoms with Crippen molar-refractivity contribution >= 4 is 16.3 Å². The summed E-state index contributed by atoms with van der Waals surface area (Å²) in [4.78, 5) is 5.14. The molecule has 0 saturated heterocycles. The molecule has 24 heavy (non-hydrogen) atoms. The van der Waals surface area contributed by atoms with Crippen LogP contribution in [0.25, 0.3) is 16.3 Å². The first-order chi connectivity index (χ1) is 11.8. The van der Waals surface area contributed by atoms with Crippen LogP contribution in [0, 0.1) is 0 Å². The minimum Gasteiger partial charge on any atom is -0.251 e. The van der Waals surface area contributed by atoms with Crippen molar-refractivity contribution in [2.24, 2.45) is 0 Å². The maximum atomic E-state index is 5.14. The van der Waals surface area contributed by atoms with Crippen LogP contribution in [-0.4, -0.2) is 4.98 Å². The second-order valence-corrected chi connectivity index (χ2v) is 6.58. The second kappa shape index (κ2) is 8.13. The Balaban J connectivity index is 2.14. The zero-order chi connectivity index (χ0) is 16.8. The molecule has 0 spiro atoms. The summed E-state index contributed by atoms with van der Waals surface area (Å²) in [5.41, 5.74) is 8.31. The van der Waals surface area contributed by atoms with Crippen LogP contribution in [0.4, 0.5) is 0 Å². The fourth-order valence-corrected chi connectivity index (χ4v) is 3.43. The molecule has 0 bridgehead atoms. The van der Waals surface area contributed by atoms with Crippen molar-refractivity contribution in [2.45, 2.75) is 58.8 Å². The molecule has 2 aromatic rings. The molecule has 0 atom stereocenters. The summed E-state index contributed by atoms with van der Waals surface area (Å²) in [6, 6.07) is 8.83. The Labute approximate surface area is 145 Å². The molecule has 0 saturated carbocycles. The van der Waals surface area contributed by atoms with Gasteiger partial charge in [0.2, 0.25) is 0 Å². The predicted molar refractivity (Wildman–Crippen MR) is 104 cm³/mol. The zero-order valence-electron chi connectivity index (χ0n) is 14.9. The van der Waals surface area contributed by atoms with Gasteiger partial charge in [-0.25, -0.2) is 0 Å². The van der Waals surface area contributed by atoms with Gasteiger partial charge in [0.1, 0.15) is 0 Å². The third-order valence-electron chi connectivity index (χ3n) is 4.75. The number of unbranched alkanes of at least 4 members (excludes halogenated alkanes) is 3. The van der Waals surface area contributed by atoms with E-state index in [1.54, 1.807) is 0 Å². The molecular weight excluding hydrogens is 290 g/mol. The Morgan fingerprint density at radius 3 is 2.42 bits per heavy atom. The molecule has 1 aromatic heterocycles. The van der Waals surface area contributed by atoms with Crippen molar-refractivity contribution < 1.29 is 0 Å². The Bertz CT molecular complexity index is 804. The predicted octanol–water partition coefficient (Wildman–Crippen LogP) is 6.42. The van der Waals surface area contributed by atoms with Gasteiger partial charge in [0.15, 0.2) is 0 Å². The highest BCUT2D eigenvalue weighted by Gasteiger charge is 2.16. The molecule has 1 aliphatic carbocycles. The number of hydrogen-bond acceptors (Lipinski definition) is 1. The summed E-state index contributed by atoms with van der Waals surface area (Å²) in [6.07, 6.45) is 14.5. The van der Waals surface area contributed by atoms with Crippen LogP contribution in [0.1, 0.15) is 62.9 Å². The number of hydrogen-bond donors (Lipinski definition) is 0. The lowest BCUT2D eigenvalue weighted by Crippen LogP contribution is -2.03. The summed E-state index contributed by atoms with van der Waals surface area (Å²) in [5, 5.41) is 2.73. The number of rotatable bonds is 8. The van der Waals surface area contributed by atoms with E-state index >= 15 is 0 Å². The van der Waals surface area contributed by atoms with E-state index in [-0.39, 0.29) is 0 Å². The van der Waals surface area contributed by atoms with E-state index < -0.39 is 0 Å². The first-order valence-corrected chi connectivity index (χ1v) is 9.39. The maximum Gasteiger partial charge on any atom is 0.0821 e. The van der Waals surface area contributed by atoms with E-state index in [4.69, 9.17) is 4.98 Å². The SMILES string of the molecule is CCCCCc1nc(C2=C=CC=C2)c(CCCC)c2ccccc12. The molecule has 0 radical (unpaired) electrons. The van der Waals surface area contributed by atoms with Gasteiger partial charge in [0.25, 0.3) is 0 Å². The van der Waals surface area contributed by atoms with Crippen molar-refractivity contribution in [1.29, 1.82) is 0 Å². The lowest BCUT2D eigenvalue weighted by atomic mass is 9.93. The number of nitrogens with zero attached hydrogens (tertiary/aromatic N) is 1. The van der Waals surface area contributed by atoms with Crippen LogP contribution in [0.5, 0.6) is 0 Å². The van der Waals surface area contributed by atoms with Gasteiger partial charge < -0.3 is 0 Å². The molecular formula is C23H27N. The number of pyridine rings is 1. The molecule has 0 fully saturated rings. The lowest BCUT2D eigenvalue weighted by molar-refractivity contribution is 0.709. The highest BCUT2D eigenvalue weighted by atomic mass is 14.7. The Morgan fingerprint density at radius 2 is 1.71 bits per heavy atom. The number of aryl methyl sites for hydroxylation is 2. The van der Waals surface area contributed by atoms with Gasteiger partial charge in [0, 0.05) is 16.7 Å². The normalized spacial score (nSPS) is 13.0. The fraction of sp³-hybridized carbons (Fsp3) is 0.391. The summed E-state index contributed by atoms with van der Waals surface area (Å²) < 4.78 is 0. The number of aromatic nitrogens is 1. The number of allylic oxidation sites excluding steroid dienone is 3. The summed E-state index contributed by atoms with van der Waals surface area (Å²) in [6.45, 7) is 4.51. The van der Waals surface area contributed by atoms with Gasteiger partial charge in [-0.2, -0.15) is 0 Å². The van der Waals surface area contributed by atoms with Crippen molar-refractivity contribution in [3.63, 3.8) is 0 Å². The fourth-order valence-electron chi connectivity index (χ4n) is 3.43. The topological polar surface area (TPSA) is 12.9 Å². The highest BCUT2D eigenvalue weighted by molar-refractivity contribution is 5.92. The maximum absolute atomic E-state index is 5.14. The van der Waals surface area contributed by atoms with E-state index in [1.807, 2.05) is 6.08 Å². The van der Waals surface area contributed by atoms with Crippen molar-refractivity contribution in [3.05, 3.63) is 65.2 Å². The average Bonchev–Trinajstić information content (AvgIpc) is 3.15. The summed E-state index contributed by atoms with van der Waals surface area (Å²) in [7, 11) is 0. The molecule has 0 amide bonds. The van der Waals surface area contributed by atoms with Gasteiger partial charge in [-0.05, 0) is 48.8 Å². The van der Waals surface area contributed by atoms with Crippen LogP contribution in [-0.2, 0) is 12.8 Å². The van der Waals surface area contributed by atoms with Gasteiger partial charge in [-0.15, -0.1) is 5.73 Å². The lowest BCUT2D eigenvalue weighted by Gasteiger charge is -2.15. The molecule has 1 nitrogen and oxygen atoms in total. The minimum atomic E-state index is 1.07. The van der Waals surface area contributed by atoms with Crippen LogP contribution in [0.15, 0.2) is 48.2 Å². The molecule has 1 heteroatoms. The first kappa shape index (κ1) is 16.7. The van der Waals surface area contributed by atoms with E-state index in [9.17, 15) is 0 Å². The summed E-state index contributed by atoms with van der Waals surface area (Å²) in [5.74, 6) is 0. The van der Waals surface area contributed by atoms with Gasteiger partial charge in [-0.3, -0.25) is 4.98 Å². The Morgan fingerprint density at radius 1 is 0.917 bits per heavy atom. The van der Waals surface area contributed by atoms with Gasteiger partial charge >= 0.3 is 0 Å². The van der Waals surface area contributed by atoms with Crippen molar-refractivity contribution in [2.75, 3.05) is 0 Å². The smallest absolute Gasteiger partial charge is 0.0821 e. The Hall–Kier alpha value is -2.11. The van der Waals surface area contributed by atoms with E-state index in [0.717, 1.165) is 24.1 Å². The molecule has 1 aliphatic rings. The van der Waals surface area contributed by atoms with E-state index in [0.29, 0.717) is 0 Å². The number of benzene rings is 1. The van der Waals surface area contributed by atoms with Crippen LogP contribution >= 0.6 is 0 Å². The highest BCUT2D eigenvalue weighted by Crippen LogP contribution is 2.31. The third kappa shape index (κ3) is 3.52. The zero-order valence-corrected chi connectivity index (χ0v) is 14.9. The Kier molecular flexibility index (Phi) is 5.67. The molecule has 1 heterocycles. The van der Waals surface area contributed by atoms with E-state index in [2.05, 4.69) is 56.0 Å². The van der Waals surface area contributed by atoms with E-state index in [1.165, 1.54) is 54.1 Å². The molecule has 124 valence electrons. The molecule has 3 rings (SSSR count). The first-order valence-electron chi connectivity index (χ1n) is 9.39. The van der Waals surface area contributed by atoms with Crippen LogP contribution < -0.4 is 0 Å². The van der Waals surface area contributed by atoms with Crippen molar-refractivity contribution in [3.8, 4) is 0 Å². The average molecular weight is 317 g/mol. The van der Waals surface area contributed by atoms with Crippen LogP contribution in [0.3, 0.4) is 0 Å². The monoisotopic (exact) mass is 317 g/mol. The second-order valence-electron chi connectivity index (χ2n) is 6.58. The van der Waals surface area contributed by atoms with Crippen molar-refractivity contribution in [1.82, 2.24) is 4.98 Å². The minimum absolute atomic E-state index is 1.07. The quantitative estimate of drug-likeness (QED) is 0.404. The third-order valence-corrected chi connectivity index (χ3v) is 4.75. The molecule has 0 N–H and O–H groups in total. The number of fused-ring (bicyclic) bond motifs is 1. The van der Waals surface area contributed by atoms with Crippen LogP contribution in [0.2, 0.25) is 0 Å². The summed E-state index contributed by atoms with van der Waals surface area (Å²) >= 11 is 0. The van der Waals surface area contributed by atoms with Gasteiger partial charge in [-0.1, -0.05) is 63.5 Å². The molecule has 1 aromatic carbocycles. The van der Waals surface area contributed by atoms with Gasteiger partial charge in [0.05, 0.1) is 5.69 Å². The standard InChI is InChI=1S/C23H27N/c1-3-5-7-17-22-20-16-11-10-15-19(20)21(14-6-4-2)23(24-22)18-12-8-9-13-18/h8-12,15-16H,3-7,14,17H2,1-2H3. The molecule has 0 aliphatic heterocycles. The molecule has 0 unspecified atom stereocenters. The largest absolute Gasteiger partial charge is 0.251 e.